The number of carbonyl (C=O) groups excluding carboxylic acids is 2. The Labute approximate surface area is 195 Å². The monoisotopic (exact) mass is 441 g/mol. The Morgan fingerprint density at radius 1 is 0.939 bits per heavy atom. The summed E-state index contributed by atoms with van der Waals surface area (Å²) in [6.07, 6.45) is 1.25. The summed E-state index contributed by atoms with van der Waals surface area (Å²) < 4.78 is 0. The molecule has 170 valence electrons. The Hall–Kier alpha value is -3.44. The van der Waals surface area contributed by atoms with Crippen LogP contribution in [0, 0.1) is 5.92 Å². The summed E-state index contributed by atoms with van der Waals surface area (Å²) in [5.41, 5.74) is 11.2. The van der Waals surface area contributed by atoms with Crippen molar-refractivity contribution in [3.8, 4) is 11.1 Å². The summed E-state index contributed by atoms with van der Waals surface area (Å²) in [6.45, 7) is 3.85. The van der Waals surface area contributed by atoms with Gasteiger partial charge in [0, 0.05) is 18.4 Å². The molecule has 1 aliphatic heterocycles. The molecule has 0 aromatic heterocycles. The molecule has 0 fully saturated rings. The highest BCUT2D eigenvalue weighted by atomic mass is 16.2. The first kappa shape index (κ1) is 22.7. The van der Waals surface area contributed by atoms with Crippen molar-refractivity contribution in [3.63, 3.8) is 0 Å². The quantitative estimate of drug-likeness (QED) is 0.627. The van der Waals surface area contributed by atoms with Gasteiger partial charge in [-0.1, -0.05) is 74.5 Å². The topological polar surface area (TPSA) is 66.6 Å². The fourth-order valence-corrected chi connectivity index (χ4v) is 4.40. The van der Waals surface area contributed by atoms with E-state index in [0.717, 1.165) is 22.4 Å². The van der Waals surface area contributed by atoms with E-state index >= 15 is 0 Å². The molecule has 0 spiro atoms. The van der Waals surface area contributed by atoms with Gasteiger partial charge in [-0.05, 0) is 53.6 Å². The van der Waals surface area contributed by atoms with Crippen molar-refractivity contribution in [2.45, 2.75) is 38.8 Å². The smallest absolute Gasteiger partial charge is 0.249 e. The first-order chi connectivity index (χ1) is 15.9. The number of benzene rings is 3. The third-order valence-electron chi connectivity index (χ3n) is 6.46. The number of para-hydroxylation sites is 1. The summed E-state index contributed by atoms with van der Waals surface area (Å²) in [7, 11) is 1.78. The molecule has 5 nitrogen and oxygen atoms in total. The second-order valence-corrected chi connectivity index (χ2v) is 8.97. The second-order valence-electron chi connectivity index (χ2n) is 8.97. The molecule has 0 aliphatic carbocycles. The highest BCUT2D eigenvalue weighted by Crippen LogP contribution is 2.31. The number of nitrogens with two attached hydrogens (primary N) is 1. The first-order valence-corrected chi connectivity index (χ1v) is 11.5. The van der Waals surface area contributed by atoms with E-state index in [0.29, 0.717) is 18.5 Å². The van der Waals surface area contributed by atoms with Gasteiger partial charge in [0.2, 0.25) is 11.8 Å². The van der Waals surface area contributed by atoms with Crippen molar-refractivity contribution in [3.05, 3.63) is 84.4 Å². The molecule has 3 aromatic carbocycles. The van der Waals surface area contributed by atoms with Gasteiger partial charge in [0.25, 0.3) is 0 Å². The number of hydrogen-bond donors (Lipinski definition) is 1. The van der Waals surface area contributed by atoms with Crippen molar-refractivity contribution in [2.75, 3.05) is 16.8 Å². The number of anilines is 2. The molecule has 1 unspecified atom stereocenters. The van der Waals surface area contributed by atoms with Crippen molar-refractivity contribution in [1.29, 1.82) is 0 Å². The molecule has 2 N–H and O–H groups in total. The van der Waals surface area contributed by atoms with E-state index in [-0.39, 0.29) is 17.7 Å². The van der Waals surface area contributed by atoms with Gasteiger partial charge in [-0.2, -0.15) is 0 Å². The van der Waals surface area contributed by atoms with Gasteiger partial charge in [-0.25, -0.2) is 0 Å². The van der Waals surface area contributed by atoms with Gasteiger partial charge < -0.3 is 10.6 Å². The SMILES string of the molecule is CC(C)C(N)C(=O)N(c1ccc(-c2ccccc2)cc1)[C@@H]1CCc2ccccc2N(C)C1=O. The van der Waals surface area contributed by atoms with Crippen LogP contribution in [0.25, 0.3) is 11.1 Å². The van der Waals surface area contributed by atoms with E-state index in [1.54, 1.807) is 16.8 Å². The minimum Gasteiger partial charge on any atom is -0.320 e. The van der Waals surface area contributed by atoms with Crippen molar-refractivity contribution in [2.24, 2.45) is 11.7 Å². The van der Waals surface area contributed by atoms with Gasteiger partial charge in [-0.15, -0.1) is 0 Å². The number of rotatable bonds is 5. The van der Waals surface area contributed by atoms with Crippen LogP contribution in [0.3, 0.4) is 0 Å². The Morgan fingerprint density at radius 3 is 2.21 bits per heavy atom. The number of likely N-dealkylation sites (N-methyl/N-ethyl adjacent to an activating group) is 1. The van der Waals surface area contributed by atoms with Crippen LogP contribution in [-0.4, -0.2) is 30.9 Å². The zero-order valence-electron chi connectivity index (χ0n) is 19.4. The Bertz CT molecular complexity index is 1130. The van der Waals surface area contributed by atoms with Crippen molar-refractivity contribution >= 4 is 23.2 Å². The van der Waals surface area contributed by atoms with Crippen LogP contribution < -0.4 is 15.5 Å². The van der Waals surface area contributed by atoms with Gasteiger partial charge >= 0.3 is 0 Å². The number of amides is 2. The molecular formula is C28H31N3O2. The Kier molecular flexibility index (Phi) is 6.61. The maximum Gasteiger partial charge on any atom is 0.249 e. The highest BCUT2D eigenvalue weighted by Gasteiger charge is 2.38. The van der Waals surface area contributed by atoms with E-state index < -0.39 is 12.1 Å². The van der Waals surface area contributed by atoms with Crippen LogP contribution in [0.5, 0.6) is 0 Å². The average molecular weight is 442 g/mol. The summed E-state index contributed by atoms with van der Waals surface area (Å²) >= 11 is 0. The fraction of sp³-hybridized carbons (Fsp3) is 0.286. The van der Waals surface area contributed by atoms with E-state index in [1.165, 1.54) is 0 Å². The summed E-state index contributed by atoms with van der Waals surface area (Å²) in [5, 5.41) is 0. The molecule has 2 atom stereocenters. The zero-order chi connectivity index (χ0) is 23.5. The average Bonchev–Trinajstić information content (AvgIpc) is 2.97. The number of carbonyl (C=O) groups is 2. The maximum atomic E-state index is 13.6. The third kappa shape index (κ3) is 4.55. The molecule has 0 radical (unpaired) electrons. The van der Waals surface area contributed by atoms with E-state index in [4.69, 9.17) is 5.73 Å². The van der Waals surface area contributed by atoms with E-state index in [1.807, 2.05) is 92.7 Å². The van der Waals surface area contributed by atoms with Crippen LogP contribution in [0.2, 0.25) is 0 Å². The molecule has 2 amide bonds. The van der Waals surface area contributed by atoms with Crippen molar-refractivity contribution < 1.29 is 9.59 Å². The summed E-state index contributed by atoms with van der Waals surface area (Å²) in [4.78, 5) is 30.5. The van der Waals surface area contributed by atoms with Gasteiger partial charge in [0.05, 0.1) is 6.04 Å². The predicted octanol–water partition coefficient (Wildman–Crippen LogP) is 4.65. The van der Waals surface area contributed by atoms with Crippen LogP contribution in [0.4, 0.5) is 11.4 Å². The van der Waals surface area contributed by atoms with Gasteiger partial charge in [-0.3, -0.25) is 14.5 Å². The van der Waals surface area contributed by atoms with Crippen LogP contribution in [0.15, 0.2) is 78.9 Å². The van der Waals surface area contributed by atoms with Crippen LogP contribution in [-0.2, 0) is 16.0 Å². The van der Waals surface area contributed by atoms with E-state index in [9.17, 15) is 9.59 Å². The van der Waals surface area contributed by atoms with Gasteiger partial charge in [0.1, 0.15) is 6.04 Å². The van der Waals surface area contributed by atoms with E-state index in [2.05, 4.69) is 0 Å². The Morgan fingerprint density at radius 2 is 1.55 bits per heavy atom. The number of hydrogen-bond acceptors (Lipinski definition) is 3. The molecular weight excluding hydrogens is 410 g/mol. The fourth-order valence-electron chi connectivity index (χ4n) is 4.40. The lowest BCUT2D eigenvalue weighted by atomic mass is 9.99. The van der Waals surface area contributed by atoms with Crippen molar-refractivity contribution in [1.82, 2.24) is 0 Å². The molecule has 5 heteroatoms. The molecule has 33 heavy (non-hydrogen) atoms. The lowest BCUT2D eigenvalue weighted by Crippen LogP contribution is -2.55. The Balaban J connectivity index is 1.73. The summed E-state index contributed by atoms with van der Waals surface area (Å²) in [6, 6.07) is 24.5. The molecule has 4 rings (SSSR count). The first-order valence-electron chi connectivity index (χ1n) is 11.5. The molecule has 1 aliphatic rings. The number of aryl methyl sites for hydroxylation is 1. The lowest BCUT2D eigenvalue weighted by molar-refractivity contribution is -0.126. The maximum absolute atomic E-state index is 13.6. The summed E-state index contributed by atoms with van der Waals surface area (Å²) in [5.74, 6) is -0.369. The number of nitrogens with zero attached hydrogens (tertiary/aromatic N) is 2. The third-order valence-corrected chi connectivity index (χ3v) is 6.46. The van der Waals surface area contributed by atoms with Crippen LogP contribution in [0.1, 0.15) is 25.8 Å². The lowest BCUT2D eigenvalue weighted by Gasteiger charge is -2.34. The van der Waals surface area contributed by atoms with Gasteiger partial charge in [0.15, 0.2) is 0 Å². The molecule has 0 saturated heterocycles. The predicted molar refractivity (Wildman–Crippen MR) is 134 cm³/mol. The minimum absolute atomic E-state index is 0.0422. The highest BCUT2D eigenvalue weighted by molar-refractivity contribution is 6.08. The second kappa shape index (κ2) is 9.59. The largest absolute Gasteiger partial charge is 0.320 e. The standard InChI is InChI=1S/C28H31N3O2/c1-19(2)26(29)28(33)31(23-16-13-21(14-17-23)20-9-5-4-6-10-20)25-18-15-22-11-7-8-12-24(22)30(3)27(25)32/h4-14,16-17,19,25-26H,15,18,29H2,1-3H3/t25-,26?/m1/s1. The molecule has 3 aromatic rings. The normalized spacial score (nSPS) is 16.8. The molecule has 0 saturated carbocycles. The molecule has 0 bridgehead atoms. The number of fused-ring (bicyclic) bond motifs is 1. The van der Waals surface area contributed by atoms with Crippen LogP contribution >= 0.6 is 0 Å². The molecule has 1 heterocycles. The zero-order valence-corrected chi connectivity index (χ0v) is 19.4. The minimum atomic E-state index is -0.692.